The lowest BCUT2D eigenvalue weighted by Crippen LogP contribution is -2.26. The summed E-state index contributed by atoms with van der Waals surface area (Å²) in [6, 6.07) is 2.10. The molecule has 0 amide bonds. The van der Waals surface area contributed by atoms with E-state index in [1.165, 1.54) is 6.26 Å². The first-order valence-electron chi connectivity index (χ1n) is 7.24. The largest absolute Gasteiger partial charge is 0.358 e. The summed E-state index contributed by atoms with van der Waals surface area (Å²) in [5, 5.41) is 3.39. The molecule has 1 aromatic heterocycles. The standard InChI is InChI=1S/C15H27N3O2S/c1-12(2)9-16-10-14-8-13(3)15(17-11-14)18(4)6-7-21(5,19)20/h8,11-12,16H,6-7,9-10H2,1-5H3. The Labute approximate surface area is 128 Å². The van der Waals surface area contributed by atoms with Crippen molar-refractivity contribution in [2.45, 2.75) is 27.3 Å². The van der Waals surface area contributed by atoms with E-state index in [1.54, 1.807) is 0 Å². The van der Waals surface area contributed by atoms with Gasteiger partial charge < -0.3 is 10.2 Å². The Morgan fingerprint density at radius 2 is 2.05 bits per heavy atom. The minimum absolute atomic E-state index is 0.141. The molecule has 0 fully saturated rings. The number of nitrogens with one attached hydrogen (secondary N) is 1. The number of pyridine rings is 1. The quantitative estimate of drug-likeness (QED) is 0.790. The molecule has 0 saturated heterocycles. The minimum Gasteiger partial charge on any atom is -0.358 e. The Balaban J connectivity index is 2.64. The van der Waals surface area contributed by atoms with Crippen molar-refractivity contribution in [2.75, 3.05) is 37.0 Å². The molecule has 0 aliphatic rings. The molecule has 0 saturated carbocycles. The van der Waals surface area contributed by atoms with Crippen LogP contribution in [-0.2, 0) is 16.4 Å². The summed E-state index contributed by atoms with van der Waals surface area (Å²) in [5.41, 5.74) is 2.21. The van der Waals surface area contributed by atoms with Crippen LogP contribution in [0.2, 0.25) is 0 Å². The average Bonchev–Trinajstić information content (AvgIpc) is 2.35. The number of nitrogens with zero attached hydrogens (tertiary/aromatic N) is 2. The number of aromatic nitrogens is 1. The lowest BCUT2D eigenvalue weighted by atomic mass is 10.2. The number of anilines is 1. The second kappa shape index (κ2) is 7.75. The molecule has 0 aliphatic heterocycles. The zero-order valence-electron chi connectivity index (χ0n) is 13.7. The zero-order valence-corrected chi connectivity index (χ0v) is 14.5. The van der Waals surface area contributed by atoms with Crippen LogP contribution < -0.4 is 10.2 Å². The Kier molecular flexibility index (Phi) is 6.61. The van der Waals surface area contributed by atoms with Gasteiger partial charge in [0.25, 0.3) is 0 Å². The highest BCUT2D eigenvalue weighted by atomic mass is 32.2. The molecule has 1 heterocycles. The second-order valence-electron chi connectivity index (χ2n) is 6.06. The molecular weight excluding hydrogens is 286 g/mol. The summed E-state index contributed by atoms with van der Waals surface area (Å²) < 4.78 is 22.4. The van der Waals surface area contributed by atoms with Gasteiger partial charge in [0.1, 0.15) is 15.7 Å². The molecule has 0 unspecified atom stereocenters. The fraction of sp³-hybridized carbons (Fsp3) is 0.667. The molecule has 0 radical (unpaired) electrons. The van der Waals surface area contributed by atoms with Crippen molar-refractivity contribution in [3.8, 4) is 0 Å². The summed E-state index contributed by atoms with van der Waals surface area (Å²) in [4.78, 5) is 6.36. The Bertz CT molecular complexity index is 556. The summed E-state index contributed by atoms with van der Waals surface area (Å²) in [6.45, 7) is 8.60. The van der Waals surface area contributed by atoms with E-state index in [0.717, 1.165) is 30.0 Å². The van der Waals surface area contributed by atoms with E-state index in [-0.39, 0.29) is 5.75 Å². The molecular formula is C15H27N3O2S. The normalized spacial score (nSPS) is 11.9. The van der Waals surface area contributed by atoms with Crippen molar-refractivity contribution in [1.29, 1.82) is 0 Å². The van der Waals surface area contributed by atoms with E-state index >= 15 is 0 Å². The number of hydrogen-bond donors (Lipinski definition) is 1. The van der Waals surface area contributed by atoms with Gasteiger partial charge in [0.15, 0.2) is 0 Å². The van der Waals surface area contributed by atoms with Gasteiger partial charge in [0, 0.05) is 32.6 Å². The third kappa shape index (κ3) is 6.91. The van der Waals surface area contributed by atoms with Gasteiger partial charge in [-0.25, -0.2) is 13.4 Å². The lowest BCUT2D eigenvalue weighted by Gasteiger charge is -2.20. The first-order chi connectivity index (χ1) is 9.69. The van der Waals surface area contributed by atoms with Crippen molar-refractivity contribution in [2.24, 2.45) is 5.92 Å². The van der Waals surface area contributed by atoms with E-state index < -0.39 is 9.84 Å². The molecule has 0 aromatic carbocycles. The maximum atomic E-state index is 11.2. The minimum atomic E-state index is -2.95. The topological polar surface area (TPSA) is 62.3 Å². The third-order valence-corrected chi connectivity index (χ3v) is 4.07. The fourth-order valence-electron chi connectivity index (χ4n) is 2.04. The van der Waals surface area contributed by atoms with Crippen molar-refractivity contribution >= 4 is 15.7 Å². The molecule has 0 spiro atoms. The van der Waals surface area contributed by atoms with Gasteiger partial charge in [-0.15, -0.1) is 0 Å². The highest BCUT2D eigenvalue weighted by Crippen LogP contribution is 2.16. The van der Waals surface area contributed by atoms with E-state index in [2.05, 4.69) is 30.2 Å². The SMILES string of the molecule is Cc1cc(CNCC(C)C)cnc1N(C)CCS(C)(=O)=O. The van der Waals surface area contributed by atoms with Crippen LogP contribution in [0.3, 0.4) is 0 Å². The van der Waals surface area contributed by atoms with Gasteiger partial charge in [-0.05, 0) is 36.6 Å². The van der Waals surface area contributed by atoms with Crippen molar-refractivity contribution in [1.82, 2.24) is 10.3 Å². The van der Waals surface area contributed by atoms with E-state index in [0.29, 0.717) is 12.5 Å². The number of rotatable bonds is 8. The first-order valence-corrected chi connectivity index (χ1v) is 9.30. The Hall–Kier alpha value is -1.14. The lowest BCUT2D eigenvalue weighted by molar-refractivity contribution is 0.551. The maximum Gasteiger partial charge on any atom is 0.149 e. The first kappa shape index (κ1) is 17.9. The highest BCUT2D eigenvalue weighted by Gasteiger charge is 2.10. The van der Waals surface area contributed by atoms with Crippen LogP contribution in [0, 0.1) is 12.8 Å². The number of aryl methyl sites for hydroxylation is 1. The molecule has 21 heavy (non-hydrogen) atoms. The van der Waals surface area contributed by atoms with Crippen molar-refractivity contribution < 1.29 is 8.42 Å². The van der Waals surface area contributed by atoms with Gasteiger partial charge in [0.2, 0.25) is 0 Å². The summed E-state index contributed by atoms with van der Waals surface area (Å²) in [7, 11) is -1.08. The molecule has 1 aromatic rings. The Morgan fingerprint density at radius 1 is 1.38 bits per heavy atom. The highest BCUT2D eigenvalue weighted by molar-refractivity contribution is 7.90. The molecule has 1 N–H and O–H groups in total. The van der Waals surface area contributed by atoms with Gasteiger partial charge in [-0.3, -0.25) is 0 Å². The predicted molar refractivity (Wildman–Crippen MR) is 88.5 cm³/mol. The van der Waals surface area contributed by atoms with Crippen LogP contribution >= 0.6 is 0 Å². The molecule has 120 valence electrons. The zero-order chi connectivity index (χ0) is 16.0. The molecule has 0 aliphatic carbocycles. The number of hydrogen-bond acceptors (Lipinski definition) is 5. The Morgan fingerprint density at radius 3 is 2.57 bits per heavy atom. The molecule has 0 bridgehead atoms. The molecule has 1 rings (SSSR count). The molecule has 6 heteroatoms. The smallest absolute Gasteiger partial charge is 0.149 e. The van der Waals surface area contributed by atoms with Gasteiger partial charge in [-0.2, -0.15) is 0 Å². The summed E-state index contributed by atoms with van der Waals surface area (Å²) in [5.74, 6) is 1.61. The van der Waals surface area contributed by atoms with E-state index in [9.17, 15) is 8.42 Å². The van der Waals surface area contributed by atoms with Gasteiger partial charge in [0.05, 0.1) is 5.75 Å². The summed E-state index contributed by atoms with van der Waals surface area (Å²) in [6.07, 6.45) is 3.11. The average molecular weight is 313 g/mol. The van der Waals surface area contributed by atoms with Gasteiger partial charge >= 0.3 is 0 Å². The van der Waals surface area contributed by atoms with Crippen LogP contribution in [-0.4, -0.2) is 45.5 Å². The van der Waals surface area contributed by atoms with Crippen molar-refractivity contribution in [3.63, 3.8) is 0 Å². The fourth-order valence-corrected chi connectivity index (χ4v) is 2.64. The van der Waals surface area contributed by atoms with E-state index in [4.69, 9.17) is 0 Å². The third-order valence-electron chi connectivity index (χ3n) is 3.15. The van der Waals surface area contributed by atoms with E-state index in [1.807, 2.05) is 25.1 Å². The van der Waals surface area contributed by atoms with Crippen LogP contribution in [0.5, 0.6) is 0 Å². The van der Waals surface area contributed by atoms with Crippen LogP contribution in [0.4, 0.5) is 5.82 Å². The van der Waals surface area contributed by atoms with Crippen molar-refractivity contribution in [3.05, 3.63) is 23.4 Å². The maximum absolute atomic E-state index is 11.2. The second-order valence-corrected chi connectivity index (χ2v) is 8.32. The summed E-state index contributed by atoms with van der Waals surface area (Å²) >= 11 is 0. The van der Waals surface area contributed by atoms with Gasteiger partial charge in [-0.1, -0.05) is 13.8 Å². The van der Waals surface area contributed by atoms with Crippen LogP contribution in [0.1, 0.15) is 25.0 Å². The van der Waals surface area contributed by atoms with Crippen LogP contribution in [0.15, 0.2) is 12.3 Å². The van der Waals surface area contributed by atoms with Crippen LogP contribution in [0.25, 0.3) is 0 Å². The predicted octanol–water partition coefficient (Wildman–Crippen LogP) is 1.62. The monoisotopic (exact) mass is 313 g/mol. The molecule has 5 nitrogen and oxygen atoms in total. The molecule has 0 atom stereocenters. The number of sulfone groups is 1.